The van der Waals surface area contributed by atoms with E-state index in [-0.39, 0.29) is 12.2 Å². The molecule has 0 aromatic heterocycles. The quantitative estimate of drug-likeness (QED) is 0.262. The maximum absolute atomic E-state index is 13.9. The molecule has 0 aliphatic rings. The van der Waals surface area contributed by atoms with E-state index in [1.54, 1.807) is 13.8 Å². The normalized spacial score (nSPS) is 11.5. The third kappa shape index (κ3) is 4.70. The minimum atomic E-state index is -5.08. The van der Waals surface area contributed by atoms with Crippen LogP contribution in [0.3, 0.4) is 0 Å². The summed E-state index contributed by atoms with van der Waals surface area (Å²) in [5.74, 6) is 0. The third-order valence-corrected chi connectivity index (χ3v) is 6.12. The number of anilines is 2. The zero-order chi connectivity index (χ0) is 23.0. The third-order valence-electron chi connectivity index (χ3n) is 4.15. The van der Waals surface area contributed by atoms with Crippen LogP contribution in [0, 0.1) is 27.2 Å². The lowest BCUT2D eigenvalue weighted by Crippen LogP contribution is -2.24. The zero-order valence-corrected chi connectivity index (χ0v) is 19.3. The van der Waals surface area contributed by atoms with Crippen LogP contribution in [0.1, 0.15) is 24.5 Å². The van der Waals surface area contributed by atoms with Crippen molar-refractivity contribution in [2.75, 3.05) is 11.4 Å². The van der Waals surface area contributed by atoms with E-state index >= 15 is 0 Å². The summed E-state index contributed by atoms with van der Waals surface area (Å²) < 4.78 is 42.3. The Bertz CT molecular complexity index is 1030. The molecular formula is C17H13Br2ClF3N3O4. The molecule has 0 N–H and O–H groups in total. The molecule has 0 saturated carbocycles. The van der Waals surface area contributed by atoms with Crippen LogP contribution in [-0.2, 0) is 6.18 Å². The number of hydrogen-bond acceptors (Lipinski definition) is 5. The number of hydrogen-bond donors (Lipinski definition) is 0. The van der Waals surface area contributed by atoms with Gasteiger partial charge in [0.25, 0.3) is 11.4 Å². The summed E-state index contributed by atoms with van der Waals surface area (Å²) in [6.45, 7) is 3.27. The van der Waals surface area contributed by atoms with Crippen molar-refractivity contribution in [2.45, 2.75) is 26.4 Å². The van der Waals surface area contributed by atoms with Crippen LogP contribution in [-0.4, -0.2) is 16.4 Å². The highest BCUT2D eigenvalue weighted by Crippen LogP contribution is 2.50. The number of nitro groups is 2. The first kappa shape index (κ1) is 24.4. The van der Waals surface area contributed by atoms with E-state index in [1.165, 1.54) is 6.07 Å². The van der Waals surface area contributed by atoms with Gasteiger partial charge in [0.15, 0.2) is 0 Å². The second kappa shape index (κ2) is 9.06. The Hall–Kier alpha value is -1.92. The predicted molar refractivity (Wildman–Crippen MR) is 114 cm³/mol. The smallest absolute Gasteiger partial charge is 0.334 e. The molecular weight excluding hydrogens is 562 g/mol. The molecule has 0 atom stereocenters. The van der Waals surface area contributed by atoms with Gasteiger partial charge < -0.3 is 4.90 Å². The van der Waals surface area contributed by atoms with Crippen LogP contribution in [0.4, 0.5) is 35.9 Å². The molecule has 0 amide bonds. The summed E-state index contributed by atoms with van der Waals surface area (Å²) in [5.41, 5.74) is -3.64. The molecule has 0 aliphatic heterocycles. The molecule has 0 bridgehead atoms. The Kier molecular flexibility index (Phi) is 7.36. The number of non-ortho nitro benzene ring substituents is 1. The fraction of sp³-hybridized carbons (Fsp3) is 0.294. The fourth-order valence-electron chi connectivity index (χ4n) is 2.83. The molecule has 162 valence electrons. The largest absolute Gasteiger partial charge is 0.418 e. The second-order valence-corrected chi connectivity index (χ2v) is 8.21. The SMILES string of the molecule is CCCN(c1c([N+](=O)[O-])cc([N+](=O)[O-])cc1C(F)(F)F)c1c(Br)cc(Cl)c(C)c1Br. The average Bonchev–Trinajstić information content (AvgIpc) is 2.63. The minimum absolute atomic E-state index is 0.0417. The van der Waals surface area contributed by atoms with Crippen LogP contribution in [0.5, 0.6) is 0 Å². The Labute approximate surface area is 190 Å². The van der Waals surface area contributed by atoms with Crippen LogP contribution < -0.4 is 4.90 Å². The van der Waals surface area contributed by atoms with E-state index < -0.39 is 38.6 Å². The van der Waals surface area contributed by atoms with Crippen molar-refractivity contribution in [1.29, 1.82) is 0 Å². The first-order valence-corrected chi connectivity index (χ1v) is 10.2. The number of halogens is 6. The highest BCUT2D eigenvalue weighted by atomic mass is 79.9. The summed E-state index contributed by atoms with van der Waals surface area (Å²) in [6.07, 6.45) is -4.76. The van der Waals surface area contributed by atoms with Gasteiger partial charge in [-0.1, -0.05) is 18.5 Å². The molecule has 13 heteroatoms. The monoisotopic (exact) mass is 573 g/mol. The van der Waals surface area contributed by atoms with Gasteiger partial charge in [-0.3, -0.25) is 20.2 Å². The fourth-order valence-corrected chi connectivity index (χ4v) is 4.83. The van der Waals surface area contributed by atoms with E-state index in [9.17, 15) is 33.4 Å². The number of rotatable bonds is 6. The lowest BCUT2D eigenvalue weighted by atomic mass is 10.1. The number of alkyl halides is 3. The molecule has 0 aliphatic carbocycles. The standard InChI is InChI=1S/C17H13Br2ClF3N3O4/c1-3-4-24(16-11(18)7-12(20)8(2)14(16)19)15-10(17(21,22)23)5-9(25(27)28)6-13(15)26(29)30/h5-7H,3-4H2,1-2H3. The van der Waals surface area contributed by atoms with Gasteiger partial charge in [0.2, 0.25) is 0 Å². The van der Waals surface area contributed by atoms with Gasteiger partial charge in [-0.05, 0) is 56.8 Å². The minimum Gasteiger partial charge on any atom is -0.334 e. The van der Waals surface area contributed by atoms with Crippen LogP contribution in [0.25, 0.3) is 0 Å². The molecule has 2 aromatic rings. The number of nitrogens with zero attached hydrogens (tertiary/aromatic N) is 3. The summed E-state index contributed by atoms with van der Waals surface area (Å²) in [5, 5.41) is 23.1. The number of benzene rings is 2. The van der Waals surface area contributed by atoms with E-state index in [2.05, 4.69) is 31.9 Å². The lowest BCUT2D eigenvalue weighted by Gasteiger charge is -2.29. The molecule has 7 nitrogen and oxygen atoms in total. The number of nitro benzene ring substituents is 2. The Morgan fingerprint density at radius 3 is 2.17 bits per heavy atom. The summed E-state index contributed by atoms with van der Waals surface area (Å²) in [7, 11) is 0. The Morgan fingerprint density at radius 2 is 1.70 bits per heavy atom. The van der Waals surface area contributed by atoms with Gasteiger partial charge in [0.1, 0.15) is 5.69 Å². The lowest BCUT2D eigenvalue weighted by molar-refractivity contribution is -0.394. The van der Waals surface area contributed by atoms with Gasteiger partial charge in [0, 0.05) is 26.6 Å². The maximum Gasteiger partial charge on any atom is 0.418 e. The predicted octanol–water partition coefficient (Wildman–Crippen LogP) is 7.56. The molecule has 0 spiro atoms. The maximum atomic E-state index is 13.9. The van der Waals surface area contributed by atoms with Gasteiger partial charge in [0.05, 0.1) is 27.2 Å². The van der Waals surface area contributed by atoms with Crippen molar-refractivity contribution in [3.05, 3.63) is 63.5 Å². The molecule has 0 fully saturated rings. The molecule has 0 radical (unpaired) electrons. The zero-order valence-electron chi connectivity index (χ0n) is 15.4. The first-order valence-electron chi connectivity index (χ1n) is 8.26. The molecule has 30 heavy (non-hydrogen) atoms. The van der Waals surface area contributed by atoms with Crippen molar-refractivity contribution in [1.82, 2.24) is 0 Å². The van der Waals surface area contributed by atoms with Crippen molar-refractivity contribution < 1.29 is 23.0 Å². The Balaban J connectivity index is 3.02. The molecule has 0 saturated heterocycles. The molecule has 0 heterocycles. The summed E-state index contributed by atoms with van der Waals surface area (Å²) in [4.78, 5) is 21.7. The molecule has 0 unspecified atom stereocenters. The Morgan fingerprint density at radius 1 is 1.10 bits per heavy atom. The van der Waals surface area contributed by atoms with Crippen LogP contribution >= 0.6 is 43.5 Å². The van der Waals surface area contributed by atoms with E-state index in [0.29, 0.717) is 38.1 Å². The van der Waals surface area contributed by atoms with E-state index in [4.69, 9.17) is 11.6 Å². The van der Waals surface area contributed by atoms with Gasteiger partial charge >= 0.3 is 6.18 Å². The topological polar surface area (TPSA) is 89.5 Å². The highest BCUT2D eigenvalue weighted by molar-refractivity contribution is 9.11. The van der Waals surface area contributed by atoms with Gasteiger partial charge in [-0.25, -0.2) is 0 Å². The van der Waals surface area contributed by atoms with Crippen molar-refractivity contribution in [2.24, 2.45) is 0 Å². The van der Waals surface area contributed by atoms with E-state index in [1.807, 2.05) is 0 Å². The van der Waals surface area contributed by atoms with Gasteiger partial charge in [-0.2, -0.15) is 13.2 Å². The summed E-state index contributed by atoms with van der Waals surface area (Å²) in [6, 6.07) is 2.29. The van der Waals surface area contributed by atoms with Crippen LogP contribution in [0.2, 0.25) is 5.02 Å². The van der Waals surface area contributed by atoms with Crippen molar-refractivity contribution in [3.8, 4) is 0 Å². The summed E-state index contributed by atoms with van der Waals surface area (Å²) >= 11 is 12.7. The molecule has 2 rings (SSSR count). The van der Waals surface area contributed by atoms with Gasteiger partial charge in [-0.15, -0.1) is 0 Å². The van der Waals surface area contributed by atoms with E-state index in [0.717, 1.165) is 4.90 Å². The highest BCUT2D eigenvalue weighted by Gasteiger charge is 2.42. The molecule has 2 aromatic carbocycles. The average molecular weight is 576 g/mol. The first-order chi connectivity index (χ1) is 13.8. The van der Waals surface area contributed by atoms with Crippen molar-refractivity contribution in [3.63, 3.8) is 0 Å². The second-order valence-electron chi connectivity index (χ2n) is 6.15. The van der Waals surface area contributed by atoms with Crippen molar-refractivity contribution >= 4 is 66.2 Å². The van der Waals surface area contributed by atoms with Crippen LogP contribution in [0.15, 0.2) is 27.1 Å².